The largest absolute Gasteiger partial charge is 0.387 e. The molecule has 3 rings (SSSR count). The van der Waals surface area contributed by atoms with E-state index in [0.717, 1.165) is 30.0 Å². The summed E-state index contributed by atoms with van der Waals surface area (Å²) in [7, 11) is 0. The molecule has 108 valence electrons. The predicted molar refractivity (Wildman–Crippen MR) is 85.5 cm³/mol. The molecule has 1 atom stereocenters. The summed E-state index contributed by atoms with van der Waals surface area (Å²) in [4.78, 5) is 4.29. The smallest absolute Gasteiger partial charge is 0.193 e. The Bertz CT molecular complexity index is 524. The highest BCUT2D eigenvalue weighted by molar-refractivity contribution is 7.99. The van der Waals surface area contributed by atoms with Gasteiger partial charge >= 0.3 is 0 Å². The molecular weight excluding hydrogens is 270 g/mol. The molecule has 4 nitrogen and oxygen atoms in total. The minimum absolute atomic E-state index is 0.379. The van der Waals surface area contributed by atoms with E-state index in [-0.39, 0.29) is 0 Å². The fourth-order valence-corrected chi connectivity index (χ4v) is 4.07. The van der Waals surface area contributed by atoms with E-state index in [2.05, 4.69) is 22.4 Å². The Kier molecular flexibility index (Phi) is 3.89. The normalized spacial score (nSPS) is 25.8. The Morgan fingerprint density at radius 1 is 1.40 bits per heavy atom. The zero-order valence-electron chi connectivity index (χ0n) is 11.6. The van der Waals surface area contributed by atoms with Crippen LogP contribution in [0.25, 0.3) is 0 Å². The van der Waals surface area contributed by atoms with Crippen molar-refractivity contribution in [2.24, 2.45) is 10.7 Å². The lowest BCUT2D eigenvalue weighted by Crippen LogP contribution is -2.34. The number of aliphatic hydroxyl groups is 1. The van der Waals surface area contributed by atoms with Crippen molar-refractivity contribution in [3.8, 4) is 0 Å². The summed E-state index contributed by atoms with van der Waals surface area (Å²) < 4.78 is 0. The average molecular weight is 291 g/mol. The molecule has 0 bridgehead atoms. The lowest BCUT2D eigenvalue weighted by atomic mass is 10.1. The van der Waals surface area contributed by atoms with Crippen LogP contribution in [0.1, 0.15) is 24.0 Å². The first-order valence-corrected chi connectivity index (χ1v) is 8.29. The van der Waals surface area contributed by atoms with Gasteiger partial charge in [0.25, 0.3) is 0 Å². The van der Waals surface area contributed by atoms with Gasteiger partial charge in [0, 0.05) is 11.4 Å². The Labute approximate surface area is 123 Å². The van der Waals surface area contributed by atoms with Gasteiger partial charge in [-0.3, -0.25) is 4.99 Å². The van der Waals surface area contributed by atoms with Gasteiger partial charge in [0.2, 0.25) is 0 Å². The van der Waals surface area contributed by atoms with Gasteiger partial charge in [0.15, 0.2) is 5.96 Å². The monoisotopic (exact) mass is 291 g/mol. The molecule has 0 amide bonds. The number of benzene rings is 1. The lowest BCUT2D eigenvalue weighted by molar-refractivity contribution is 0.0780. The summed E-state index contributed by atoms with van der Waals surface area (Å²) in [6.45, 7) is 0.379. The number of fused-ring (bicyclic) bond motifs is 1. The summed E-state index contributed by atoms with van der Waals surface area (Å²) in [5, 5.41) is 13.3. The molecule has 4 N–H and O–H groups in total. The second-order valence-electron chi connectivity index (χ2n) is 5.69. The zero-order chi connectivity index (χ0) is 14.0. The summed E-state index contributed by atoms with van der Waals surface area (Å²) in [6.07, 6.45) is 4.38. The molecule has 1 unspecified atom stereocenters. The third kappa shape index (κ3) is 3.10. The Hall–Kier alpha value is -1.20. The summed E-state index contributed by atoms with van der Waals surface area (Å²) in [5.74, 6) is 2.14. The molecule has 5 heteroatoms. The van der Waals surface area contributed by atoms with Crippen LogP contribution >= 0.6 is 11.8 Å². The first kappa shape index (κ1) is 13.8. The van der Waals surface area contributed by atoms with Crippen LogP contribution < -0.4 is 11.1 Å². The number of aliphatic imine (C=N–C) groups is 1. The predicted octanol–water partition coefficient (Wildman–Crippen LogP) is 1.77. The molecule has 1 aromatic rings. The van der Waals surface area contributed by atoms with Gasteiger partial charge in [-0.25, -0.2) is 0 Å². The van der Waals surface area contributed by atoms with Gasteiger partial charge in [0.05, 0.1) is 12.1 Å². The zero-order valence-corrected chi connectivity index (χ0v) is 12.4. The second kappa shape index (κ2) is 5.66. The number of nitrogens with one attached hydrogen (secondary N) is 1. The van der Waals surface area contributed by atoms with Gasteiger partial charge < -0.3 is 16.2 Å². The quantitative estimate of drug-likeness (QED) is 0.586. The third-order valence-electron chi connectivity index (χ3n) is 4.00. The van der Waals surface area contributed by atoms with Crippen molar-refractivity contribution in [2.75, 3.05) is 23.4 Å². The van der Waals surface area contributed by atoms with E-state index < -0.39 is 5.60 Å². The lowest BCUT2D eigenvalue weighted by Gasteiger charge is -2.18. The van der Waals surface area contributed by atoms with Gasteiger partial charge in [0.1, 0.15) is 0 Å². The summed E-state index contributed by atoms with van der Waals surface area (Å²) in [5.41, 5.74) is 9.08. The molecule has 1 aliphatic heterocycles. The van der Waals surface area contributed by atoms with Crippen molar-refractivity contribution in [1.29, 1.82) is 0 Å². The van der Waals surface area contributed by atoms with Crippen molar-refractivity contribution < 1.29 is 5.11 Å². The Morgan fingerprint density at radius 3 is 3.05 bits per heavy atom. The molecule has 1 fully saturated rings. The van der Waals surface area contributed by atoms with Crippen molar-refractivity contribution in [2.45, 2.75) is 31.3 Å². The highest BCUT2D eigenvalue weighted by Crippen LogP contribution is 2.28. The van der Waals surface area contributed by atoms with Gasteiger partial charge in [-0.05, 0) is 54.7 Å². The van der Waals surface area contributed by atoms with Gasteiger partial charge in [-0.1, -0.05) is 6.07 Å². The molecule has 0 saturated carbocycles. The van der Waals surface area contributed by atoms with Crippen LogP contribution in [0.3, 0.4) is 0 Å². The van der Waals surface area contributed by atoms with Crippen LogP contribution in [0.2, 0.25) is 0 Å². The van der Waals surface area contributed by atoms with E-state index in [9.17, 15) is 5.11 Å². The number of thioether (sulfide) groups is 1. The maximum absolute atomic E-state index is 10.2. The van der Waals surface area contributed by atoms with Crippen LogP contribution in [0.15, 0.2) is 23.2 Å². The maximum atomic E-state index is 10.2. The van der Waals surface area contributed by atoms with Crippen molar-refractivity contribution >= 4 is 23.4 Å². The fraction of sp³-hybridized carbons (Fsp3) is 0.533. The van der Waals surface area contributed by atoms with Crippen LogP contribution in [0.4, 0.5) is 5.69 Å². The van der Waals surface area contributed by atoms with E-state index in [1.165, 1.54) is 24.0 Å². The van der Waals surface area contributed by atoms with Crippen LogP contribution in [-0.4, -0.2) is 34.7 Å². The van der Waals surface area contributed by atoms with E-state index >= 15 is 0 Å². The Balaban J connectivity index is 1.62. The summed E-state index contributed by atoms with van der Waals surface area (Å²) in [6, 6.07) is 6.37. The number of guanidine groups is 1. The molecule has 1 saturated heterocycles. The number of nitrogens with two attached hydrogens (primary N) is 1. The molecule has 0 radical (unpaired) electrons. The molecule has 0 aromatic heterocycles. The molecule has 20 heavy (non-hydrogen) atoms. The van der Waals surface area contributed by atoms with E-state index in [0.29, 0.717) is 12.5 Å². The molecular formula is C15H21N3OS. The molecule has 1 aromatic carbocycles. The van der Waals surface area contributed by atoms with Crippen LogP contribution in [0.5, 0.6) is 0 Å². The molecule has 2 aliphatic rings. The van der Waals surface area contributed by atoms with Crippen molar-refractivity contribution in [3.63, 3.8) is 0 Å². The minimum atomic E-state index is -0.672. The summed E-state index contributed by atoms with van der Waals surface area (Å²) >= 11 is 1.77. The van der Waals surface area contributed by atoms with Gasteiger partial charge in [-0.2, -0.15) is 11.8 Å². The first-order chi connectivity index (χ1) is 9.65. The maximum Gasteiger partial charge on any atom is 0.193 e. The van der Waals surface area contributed by atoms with Crippen molar-refractivity contribution in [3.05, 3.63) is 29.3 Å². The Morgan fingerprint density at radius 2 is 2.25 bits per heavy atom. The highest BCUT2D eigenvalue weighted by atomic mass is 32.2. The molecule has 1 heterocycles. The SMILES string of the molecule is NC(=NCC1(O)CCSC1)Nc1ccc2c(c1)CCC2. The van der Waals surface area contributed by atoms with E-state index in [1.807, 2.05) is 6.07 Å². The van der Waals surface area contributed by atoms with E-state index in [4.69, 9.17) is 5.73 Å². The number of hydrogen-bond acceptors (Lipinski definition) is 3. The van der Waals surface area contributed by atoms with Gasteiger partial charge in [-0.15, -0.1) is 0 Å². The minimum Gasteiger partial charge on any atom is -0.387 e. The number of aryl methyl sites for hydroxylation is 2. The molecule has 1 aliphatic carbocycles. The second-order valence-corrected chi connectivity index (χ2v) is 6.80. The van der Waals surface area contributed by atoms with Crippen LogP contribution in [-0.2, 0) is 12.8 Å². The first-order valence-electron chi connectivity index (χ1n) is 7.14. The molecule has 0 spiro atoms. The highest BCUT2D eigenvalue weighted by Gasteiger charge is 2.31. The van der Waals surface area contributed by atoms with E-state index in [1.54, 1.807) is 11.8 Å². The number of hydrogen-bond donors (Lipinski definition) is 3. The number of anilines is 1. The topological polar surface area (TPSA) is 70.6 Å². The fourth-order valence-electron chi connectivity index (χ4n) is 2.79. The average Bonchev–Trinajstić information content (AvgIpc) is 3.05. The number of nitrogens with zero attached hydrogens (tertiary/aromatic N) is 1. The standard InChI is InChI=1S/C15H21N3OS/c16-14(17-9-15(19)6-7-20-10-15)18-13-5-4-11-2-1-3-12(11)8-13/h4-5,8,19H,1-3,6-7,9-10H2,(H3,16,17,18). The number of rotatable bonds is 3. The van der Waals surface area contributed by atoms with Crippen LogP contribution in [0, 0.1) is 0 Å². The third-order valence-corrected chi connectivity index (χ3v) is 5.23. The van der Waals surface area contributed by atoms with Crippen molar-refractivity contribution in [1.82, 2.24) is 0 Å².